The first-order valence-electron chi connectivity index (χ1n) is 9.51. The first-order chi connectivity index (χ1) is 14.1. The summed E-state index contributed by atoms with van der Waals surface area (Å²) in [5.41, 5.74) is 3.20. The Kier molecular flexibility index (Phi) is 6.02. The number of anilines is 1. The average Bonchev–Trinajstić information content (AvgIpc) is 3.20. The van der Waals surface area contributed by atoms with Crippen LogP contribution in [0.1, 0.15) is 38.4 Å². The summed E-state index contributed by atoms with van der Waals surface area (Å²) in [4.78, 5) is 28.0. The molecule has 2 amide bonds. The summed E-state index contributed by atoms with van der Waals surface area (Å²) in [5.74, 6) is 0.213. The first-order valence-corrected chi connectivity index (χ1v) is 9.88. The number of hydrogen-bond acceptors (Lipinski definition) is 5. The number of halogens is 1. The van der Waals surface area contributed by atoms with Crippen LogP contribution < -0.4 is 10.6 Å². The Labute approximate surface area is 179 Å². The highest BCUT2D eigenvalue weighted by molar-refractivity contribution is 6.34. The number of hydrogen-bond donors (Lipinski definition) is 3. The highest BCUT2D eigenvalue weighted by Crippen LogP contribution is 2.34. The number of carbonyl (C=O) groups excluding carboxylic acids is 2. The number of nitrogens with zero attached hydrogens (tertiary/aromatic N) is 3. The standard InChI is InChI=1S/C20H25ClN6O3/c1-11-7-6-8-12(23-19(29)30-10-9-13(28)22-5)14(11)17-24-18-15(21)16(20(2,3)4)25-27(18)26-17/h6-8,25H,9-10H2,1-5H3,(H,22,28)(H,23,29). The second-order valence-corrected chi connectivity index (χ2v) is 8.28. The van der Waals surface area contributed by atoms with Gasteiger partial charge in [0.1, 0.15) is 11.6 Å². The fraction of sp³-hybridized carbons (Fsp3) is 0.400. The van der Waals surface area contributed by atoms with Crippen LogP contribution >= 0.6 is 11.6 Å². The lowest BCUT2D eigenvalue weighted by molar-refractivity contribution is -0.121. The van der Waals surface area contributed by atoms with Crippen molar-refractivity contribution in [2.45, 2.75) is 39.5 Å². The molecule has 1 aromatic carbocycles. The van der Waals surface area contributed by atoms with Crippen LogP contribution in [-0.2, 0) is 14.9 Å². The largest absolute Gasteiger partial charge is 0.449 e. The first kappa shape index (κ1) is 21.6. The lowest BCUT2D eigenvalue weighted by Crippen LogP contribution is -2.22. The molecular weight excluding hydrogens is 408 g/mol. The molecule has 0 unspecified atom stereocenters. The van der Waals surface area contributed by atoms with Crippen molar-refractivity contribution in [1.82, 2.24) is 25.1 Å². The molecule has 0 saturated carbocycles. The molecule has 9 nitrogen and oxygen atoms in total. The number of ether oxygens (including phenoxy) is 1. The third kappa shape index (κ3) is 4.40. The second kappa shape index (κ2) is 8.35. The lowest BCUT2D eigenvalue weighted by atomic mass is 9.92. The summed E-state index contributed by atoms with van der Waals surface area (Å²) in [6.07, 6.45) is -0.574. The molecule has 10 heteroatoms. The monoisotopic (exact) mass is 432 g/mol. The van der Waals surface area contributed by atoms with Crippen LogP contribution in [0, 0.1) is 6.92 Å². The van der Waals surface area contributed by atoms with E-state index < -0.39 is 6.09 Å². The number of aryl methyl sites for hydroxylation is 1. The number of aromatic amines is 1. The minimum absolute atomic E-state index is 0.0242. The van der Waals surface area contributed by atoms with E-state index in [1.807, 2.05) is 39.8 Å². The molecular formula is C20H25ClN6O3. The molecule has 0 atom stereocenters. The van der Waals surface area contributed by atoms with Gasteiger partial charge in [0.2, 0.25) is 5.91 Å². The zero-order chi connectivity index (χ0) is 22.1. The van der Waals surface area contributed by atoms with E-state index in [-0.39, 0.29) is 24.3 Å². The van der Waals surface area contributed by atoms with Gasteiger partial charge in [0, 0.05) is 18.0 Å². The van der Waals surface area contributed by atoms with Crippen LogP contribution in [-0.4, -0.2) is 45.5 Å². The molecule has 0 aliphatic heterocycles. The predicted octanol–water partition coefficient (Wildman–Crippen LogP) is 3.67. The Morgan fingerprint density at radius 3 is 2.67 bits per heavy atom. The number of H-pyrrole nitrogens is 1. The zero-order valence-electron chi connectivity index (χ0n) is 17.6. The zero-order valence-corrected chi connectivity index (χ0v) is 18.3. The summed E-state index contributed by atoms with van der Waals surface area (Å²) >= 11 is 6.52. The van der Waals surface area contributed by atoms with E-state index in [1.54, 1.807) is 6.07 Å². The number of nitrogens with one attached hydrogen (secondary N) is 3. The summed E-state index contributed by atoms with van der Waals surface area (Å²) in [5, 5.41) is 13.4. The minimum atomic E-state index is -0.663. The second-order valence-electron chi connectivity index (χ2n) is 7.90. The smallest absolute Gasteiger partial charge is 0.411 e. The van der Waals surface area contributed by atoms with Gasteiger partial charge in [0.05, 0.1) is 17.8 Å². The maximum absolute atomic E-state index is 12.2. The van der Waals surface area contributed by atoms with Gasteiger partial charge in [-0.2, -0.15) is 4.63 Å². The van der Waals surface area contributed by atoms with E-state index >= 15 is 0 Å². The predicted molar refractivity (Wildman–Crippen MR) is 115 cm³/mol. The van der Waals surface area contributed by atoms with Crippen molar-refractivity contribution >= 4 is 34.9 Å². The molecule has 0 aliphatic carbocycles. The average molecular weight is 433 g/mol. The van der Waals surface area contributed by atoms with Gasteiger partial charge in [-0.15, -0.1) is 5.10 Å². The molecule has 0 bridgehead atoms. The Morgan fingerprint density at radius 2 is 2.03 bits per heavy atom. The maximum Gasteiger partial charge on any atom is 0.411 e. The molecule has 3 aromatic rings. The van der Waals surface area contributed by atoms with E-state index in [9.17, 15) is 9.59 Å². The molecule has 2 heterocycles. The summed E-state index contributed by atoms with van der Waals surface area (Å²) in [6.45, 7) is 8.01. The number of aromatic nitrogens is 4. The van der Waals surface area contributed by atoms with Gasteiger partial charge in [-0.1, -0.05) is 44.5 Å². The maximum atomic E-state index is 12.2. The quantitative estimate of drug-likeness (QED) is 0.569. The molecule has 0 aliphatic rings. The normalized spacial score (nSPS) is 11.5. The van der Waals surface area contributed by atoms with Crippen molar-refractivity contribution in [1.29, 1.82) is 0 Å². The highest BCUT2D eigenvalue weighted by Gasteiger charge is 2.25. The molecule has 0 radical (unpaired) electrons. The number of rotatable bonds is 5. The van der Waals surface area contributed by atoms with Crippen molar-refractivity contribution in [3.8, 4) is 11.4 Å². The minimum Gasteiger partial charge on any atom is -0.449 e. The van der Waals surface area contributed by atoms with E-state index in [0.717, 1.165) is 11.3 Å². The topological polar surface area (TPSA) is 113 Å². The highest BCUT2D eigenvalue weighted by atomic mass is 35.5. The van der Waals surface area contributed by atoms with E-state index in [1.165, 1.54) is 11.7 Å². The van der Waals surface area contributed by atoms with E-state index in [2.05, 4.69) is 25.8 Å². The van der Waals surface area contributed by atoms with E-state index in [0.29, 0.717) is 27.7 Å². The number of carbonyl (C=O) groups is 2. The molecule has 160 valence electrons. The molecule has 3 rings (SSSR count). The molecule has 0 fully saturated rings. The van der Waals surface area contributed by atoms with Crippen LogP contribution in [0.3, 0.4) is 0 Å². The number of benzene rings is 1. The summed E-state index contributed by atoms with van der Waals surface area (Å²) in [7, 11) is 1.53. The van der Waals surface area contributed by atoms with Crippen molar-refractivity contribution in [3.05, 3.63) is 34.5 Å². The van der Waals surface area contributed by atoms with Gasteiger partial charge in [-0.3, -0.25) is 15.2 Å². The van der Waals surface area contributed by atoms with Crippen molar-refractivity contribution in [2.75, 3.05) is 19.0 Å². The third-order valence-corrected chi connectivity index (χ3v) is 4.92. The Balaban J connectivity index is 1.88. The third-order valence-electron chi connectivity index (χ3n) is 4.56. The molecule has 0 spiro atoms. The van der Waals surface area contributed by atoms with Gasteiger partial charge in [0.25, 0.3) is 0 Å². The van der Waals surface area contributed by atoms with Crippen molar-refractivity contribution in [3.63, 3.8) is 0 Å². The SMILES string of the molecule is CNC(=O)CCOC(=O)Nc1cccc(C)c1-c1nc2c(Cl)c(C(C)(C)C)[nH]n2n1. The fourth-order valence-electron chi connectivity index (χ4n) is 2.98. The van der Waals surface area contributed by atoms with Crippen LogP contribution in [0.4, 0.5) is 10.5 Å². The van der Waals surface area contributed by atoms with Crippen LogP contribution in [0.5, 0.6) is 0 Å². The number of fused-ring (bicyclic) bond motifs is 1. The molecule has 3 N–H and O–H groups in total. The number of amides is 2. The molecule has 30 heavy (non-hydrogen) atoms. The van der Waals surface area contributed by atoms with Crippen molar-refractivity contribution in [2.24, 2.45) is 0 Å². The Bertz CT molecular complexity index is 1100. The summed E-state index contributed by atoms with van der Waals surface area (Å²) < 4.78 is 6.62. The summed E-state index contributed by atoms with van der Waals surface area (Å²) in [6, 6.07) is 5.44. The van der Waals surface area contributed by atoms with Crippen molar-refractivity contribution < 1.29 is 14.3 Å². The van der Waals surface area contributed by atoms with Crippen LogP contribution in [0.25, 0.3) is 17.0 Å². The lowest BCUT2D eigenvalue weighted by Gasteiger charge is -2.16. The van der Waals surface area contributed by atoms with Gasteiger partial charge in [-0.05, 0) is 18.6 Å². The van der Waals surface area contributed by atoms with Gasteiger partial charge >= 0.3 is 6.09 Å². The molecule has 0 saturated heterocycles. The van der Waals surface area contributed by atoms with Crippen LogP contribution in [0.2, 0.25) is 5.02 Å². The Morgan fingerprint density at radius 1 is 1.30 bits per heavy atom. The fourth-order valence-corrected chi connectivity index (χ4v) is 3.43. The van der Waals surface area contributed by atoms with Crippen LogP contribution in [0.15, 0.2) is 18.2 Å². The van der Waals surface area contributed by atoms with Gasteiger partial charge in [0.15, 0.2) is 11.5 Å². The van der Waals surface area contributed by atoms with Gasteiger partial charge in [-0.25, -0.2) is 9.78 Å². The van der Waals surface area contributed by atoms with Gasteiger partial charge < -0.3 is 10.1 Å². The van der Waals surface area contributed by atoms with E-state index in [4.69, 9.17) is 16.3 Å². The molecule has 2 aromatic heterocycles. The Hall–Kier alpha value is -3.07.